The van der Waals surface area contributed by atoms with Crippen molar-refractivity contribution in [2.75, 3.05) is 0 Å². The Morgan fingerprint density at radius 2 is 1.08 bits per heavy atom. The van der Waals surface area contributed by atoms with Crippen molar-refractivity contribution in [3.8, 4) is 0 Å². The summed E-state index contributed by atoms with van der Waals surface area (Å²) in [6.07, 6.45) is 7.91. The van der Waals surface area contributed by atoms with Gasteiger partial charge in [-0.3, -0.25) is 0 Å². The summed E-state index contributed by atoms with van der Waals surface area (Å²) in [5, 5.41) is 0. The lowest BCUT2D eigenvalue weighted by Crippen LogP contribution is -2.35. The molecule has 1 heteroatoms. The first-order chi connectivity index (χ1) is 11.4. The van der Waals surface area contributed by atoms with Crippen LogP contribution in [0.3, 0.4) is 0 Å². The lowest BCUT2D eigenvalue weighted by Gasteiger charge is -2.42. The van der Waals surface area contributed by atoms with Crippen molar-refractivity contribution in [3.63, 3.8) is 0 Å². The van der Waals surface area contributed by atoms with Crippen molar-refractivity contribution in [3.05, 3.63) is 24.7 Å². The van der Waals surface area contributed by atoms with Crippen molar-refractivity contribution >= 4 is 0 Å². The molecule has 4 aliphatic rings. The second kappa shape index (κ2) is 4.96. The normalized spacial score (nSPS) is 48.7. The molecule has 0 spiro atoms. The Morgan fingerprint density at radius 3 is 1.32 bits per heavy atom. The van der Waals surface area contributed by atoms with Crippen LogP contribution in [0.4, 0.5) is 0 Å². The molecule has 0 aliphatic heterocycles. The number of allylic oxidation sites excluding steroid dienone is 2. The third-order valence-corrected chi connectivity index (χ3v) is 10.6. The molecule has 0 heterocycles. The molecule has 0 aromatic carbocycles. The van der Waals surface area contributed by atoms with E-state index in [1.165, 1.54) is 38.5 Å². The van der Waals surface area contributed by atoms with E-state index in [1.807, 2.05) is 0 Å². The zero-order chi connectivity index (χ0) is 18.4. The van der Waals surface area contributed by atoms with Crippen molar-refractivity contribution < 1.29 is 4.74 Å². The van der Waals surface area contributed by atoms with Gasteiger partial charge in [-0.15, -0.1) is 0 Å². The summed E-state index contributed by atoms with van der Waals surface area (Å²) in [4.78, 5) is 0. The average molecular weight is 343 g/mol. The molecule has 4 aliphatic carbocycles. The van der Waals surface area contributed by atoms with Crippen LogP contribution in [0.2, 0.25) is 0 Å². The maximum Gasteiger partial charge on any atom is 0.100 e. The largest absolute Gasteiger partial charge is 0.467 e. The number of hydrogen-bond acceptors (Lipinski definition) is 1. The predicted molar refractivity (Wildman–Crippen MR) is 105 cm³/mol. The molecule has 0 aromatic heterocycles. The van der Waals surface area contributed by atoms with E-state index in [9.17, 15) is 0 Å². The van der Waals surface area contributed by atoms with Gasteiger partial charge in [0.2, 0.25) is 0 Å². The maximum atomic E-state index is 6.45. The highest BCUT2D eigenvalue weighted by Crippen LogP contribution is 2.71. The molecule has 0 radical (unpaired) electrons. The van der Waals surface area contributed by atoms with Crippen LogP contribution < -0.4 is 0 Å². The zero-order valence-corrected chi connectivity index (χ0v) is 17.4. The first-order valence-corrected chi connectivity index (χ1v) is 10.5. The van der Waals surface area contributed by atoms with Crippen LogP contribution >= 0.6 is 0 Å². The highest BCUT2D eigenvalue weighted by molar-refractivity contribution is 5.21. The quantitative estimate of drug-likeness (QED) is 0.502. The summed E-state index contributed by atoms with van der Waals surface area (Å²) in [7, 11) is 0. The molecule has 4 bridgehead atoms. The molecule has 0 saturated heterocycles. The van der Waals surface area contributed by atoms with Crippen molar-refractivity contribution in [2.45, 2.75) is 80.1 Å². The van der Waals surface area contributed by atoms with Crippen molar-refractivity contribution in [1.82, 2.24) is 0 Å². The number of ether oxygens (including phenoxy) is 1. The first kappa shape index (κ1) is 17.7. The SMILES string of the molecule is C=C(OC(=C)C1CC2CCC1(C)C2(C)C)C1CC2CCC1(C)C2(C)C. The number of fused-ring (bicyclic) bond motifs is 4. The Balaban J connectivity index is 1.49. The van der Waals surface area contributed by atoms with E-state index in [0.717, 1.165) is 23.4 Å². The van der Waals surface area contributed by atoms with Gasteiger partial charge >= 0.3 is 0 Å². The third-order valence-electron chi connectivity index (χ3n) is 10.6. The van der Waals surface area contributed by atoms with Crippen LogP contribution in [0.25, 0.3) is 0 Å². The zero-order valence-electron chi connectivity index (χ0n) is 17.4. The fourth-order valence-corrected chi connectivity index (χ4v) is 7.69. The Labute approximate surface area is 155 Å². The molecule has 25 heavy (non-hydrogen) atoms. The van der Waals surface area contributed by atoms with Crippen LogP contribution in [0.15, 0.2) is 24.7 Å². The predicted octanol–water partition coefficient (Wildman–Crippen LogP) is 6.96. The number of hydrogen-bond donors (Lipinski definition) is 0. The maximum absolute atomic E-state index is 6.45. The van der Waals surface area contributed by atoms with Gasteiger partial charge in [0.05, 0.1) is 0 Å². The van der Waals surface area contributed by atoms with E-state index in [-0.39, 0.29) is 0 Å². The summed E-state index contributed by atoms with van der Waals surface area (Å²) in [5.74, 6) is 4.67. The van der Waals surface area contributed by atoms with E-state index in [0.29, 0.717) is 33.5 Å². The van der Waals surface area contributed by atoms with E-state index in [2.05, 4.69) is 54.7 Å². The van der Waals surface area contributed by atoms with Crippen molar-refractivity contribution in [2.24, 2.45) is 45.3 Å². The van der Waals surface area contributed by atoms with E-state index in [1.54, 1.807) is 0 Å². The number of rotatable bonds is 4. The van der Waals surface area contributed by atoms with E-state index in [4.69, 9.17) is 4.74 Å². The van der Waals surface area contributed by atoms with Gasteiger partial charge in [0.1, 0.15) is 11.5 Å². The minimum atomic E-state index is 0.340. The first-order valence-electron chi connectivity index (χ1n) is 10.5. The third kappa shape index (κ3) is 1.96. The fraction of sp³-hybridized carbons (Fsp3) is 0.833. The molecule has 0 N–H and O–H groups in total. The van der Waals surface area contributed by atoms with E-state index < -0.39 is 0 Å². The molecule has 6 unspecified atom stereocenters. The van der Waals surface area contributed by atoms with Gasteiger partial charge in [0, 0.05) is 11.8 Å². The molecule has 4 rings (SSSR count). The molecule has 4 saturated carbocycles. The topological polar surface area (TPSA) is 9.23 Å². The van der Waals surface area contributed by atoms with Crippen LogP contribution in [0.5, 0.6) is 0 Å². The molecule has 6 atom stereocenters. The van der Waals surface area contributed by atoms with Gasteiger partial charge in [0.25, 0.3) is 0 Å². The fourth-order valence-electron chi connectivity index (χ4n) is 7.69. The van der Waals surface area contributed by atoms with Gasteiger partial charge in [-0.05, 0) is 72.0 Å². The highest BCUT2D eigenvalue weighted by atomic mass is 16.5. The molecular weight excluding hydrogens is 304 g/mol. The molecule has 4 fully saturated rings. The highest BCUT2D eigenvalue weighted by Gasteiger charge is 2.64. The van der Waals surface area contributed by atoms with E-state index >= 15 is 0 Å². The lowest BCUT2D eigenvalue weighted by atomic mass is 9.66. The molecule has 1 nitrogen and oxygen atoms in total. The standard InChI is InChI=1S/C24H38O/c1-15(19-13-17-9-11-23(19,7)21(17,3)4)25-16(2)20-14-18-10-12-24(20,8)22(18,5)6/h17-20H,1-2,9-14H2,3-8H3. The Bertz CT molecular complexity index is 572. The van der Waals surface area contributed by atoms with Crippen LogP contribution in [-0.4, -0.2) is 0 Å². The Morgan fingerprint density at radius 1 is 0.720 bits per heavy atom. The minimum absolute atomic E-state index is 0.340. The monoisotopic (exact) mass is 342 g/mol. The summed E-state index contributed by atoms with van der Waals surface area (Å²) < 4.78 is 6.45. The van der Waals surface area contributed by atoms with Crippen LogP contribution in [0.1, 0.15) is 80.1 Å². The van der Waals surface area contributed by atoms with Crippen molar-refractivity contribution in [1.29, 1.82) is 0 Å². The smallest absolute Gasteiger partial charge is 0.100 e. The van der Waals surface area contributed by atoms with Gasteiger partial charge in [-0.1, -0.05) is 54.7 Å². The van der Waals surface area contributed by atoms with Gasteiger partial charge in [-0.2, -0.15) is 0 Å². The summed E-state index contributed by atoms with van der Waals surface area (Å²) >= 11 is 0. The van der Waals surface area contributed by atoms with Gasteiger partial charge in [-0.25, -0.2) is 0 Å². The Hall–Kier alpha value is -0.720. The van der Waals surface area contributed by atoms with Crippen LogP contribution in [-0.2, 0) is 4.74 Å². The molecule has 140 valence electrons. The second-order valence-corrected chi connectivity index (χ2v) is 11.4. The molecular formula is C24H38O. The molecule has 0 aromatic rings. The van der Waals surface area contributed by atoms with Crippen LogP contribution in [0, 0.1) is 45.3 Å². The summed E-state index contributed by atoms with van der Waals surface area (Å²) in [6, 6.07) is 0. The summed E-state index contributed by atoms with van der Waals surface area (Å²) in [5.41, 5.74) is 1.50. The van der Waals surface area contributed by atoms with Gasteiger partial charge in [0.15, 0.2) is 0 Å². The average Bonchev–Trinajstić information content (AvgIpc) is 3.04. The lowest BCUT2D eigenvalue weighted by molar-refractivity contribution is 0.0604. The second-order valence-electron chi connectivity index (χ2n) is 11.4. The minimum Gasteiger partial charge on any atom is -0.467 e. The summed E-state index contributed by atoms with van der Waals surface area (Å²) in [6.45, 7) is 23.6. The Kier molecular flexibility index (Phi) is 3.51. The molecule has 0 amide bonds. The van der Waals surface area contributed by atoms with Gasteiger partial charge < -0.3 is 4.74 Å².